The van der Waals surface area contributed by atoms with Crippen LogP contribution in [0.2, 0.25) is 5.02 Å². The molecule has 0 aliphatic rings. The Labute approximate surface area is 130 Å². The summed E-state index contributed by atoms with van der Waals surface area (Å²) in [6, 6.07) is 7.36. The van der Waals surface area contributed by atoms with Crippen molar-refractivity contribution in [2.24, 2.45) is 12.0 Å². The van der Waals surface area contributed by atoms with E-state index in [2.05, 4.69) is 10.1 Å². The highest BCUT2D eigenvalue weighted by atomic mass is 35.5. The summed E-state index contributed by atoms with van der Waals surface area (Å²) in [6.45, 7) is 2.57. The van der Waals surface area contributed by atoms with Crippen LogP contribution in [0.3, 0.4) is 0 Å². The van der Waals surface area contributed by atoms with Crippen LogP contribution < -0.4 is 4.80 Å². The number of carbonyl (C=O) groups is 1. The first-order valence-electron chi connectivity index (χ1n) is 6.46. The smallest absolute Gasteiger partial charge is 0.297 e. The Kier molecular flexibility index (Phi) is 3.65. The van der Waals surface area contributed by atoms with Crippen molar-refractivity contribution in [3.05, 3.63) is 46.0 Å². The van der Waals surface area contributed by atoms with Gasteiger partial charge >= 0.3 is 0 Å². The van der Waals surface area contributed by atoms with E-state index in [1.165, 1.54) is 11.3 Å². The minimum atomic E-state index is -0.298. The number of fused-ring (bicyclic) bond motifs is 1. The van der Waals surface area contributed by atoms with Crippen LogP contribution in [0.1, 0.15) is 17.4 Å². The molecular formula is C14H13ClN4OS. The Hall–Kier alpha value is -1.92. The maximum atomic E-state index is 12.3. The molecule has 0 N–H and O–H groups in total. The summed E-state index contributed by atoms with van der Waals surface area (Å²) in [5.41, 5.74) is 1.38. The number of nitrogens with zero attached hydrogens (tertiary/aromatic N) is 4. The molecule has 0 spiro atoms. The van der Waals surface area contributed by atoms with E-state index in [9.17, 15) is 4.79 Å². The minimum absolute atomic E-state index is 0.298. The molecule has 1 aromatic carbocycles. The second-order valence-electron chi connectivity index (χ2n) is 4.48. The Bertz CT molecular complexity index is 890. The Morgan fingerprint density at radius 3 is 2.95 bits per heavy atom. The van der Waals surface area contributed by atoms with Crippen molar-refractivity contribution in [1.82, 2.24) is 14.3 Å². The van der Waals surface area contributed by atoms with Crippen LogP contribution >= 0.6 is 22.9 Å². The molecule has 1 amide bonds. The van der Waals surface area contributed by atoms with Gasteiger partial charge in [-0.15, -0.1) is 0 Å². The summed E-state index contributed by atoms with van der Waals surface area (Å²) in [4.78, 5) is 17.1. The fourth-order valence-corrected chi connectivity index (χ4v) is 3.58. The van der Waals surface area contributed by atoms with Crippen LogP contribution in [0, 0.1) is 0 Å². The Balaban J connectivity index is 2.14. The maximum Gasteiger partial charge on any atom is 0.297 e. The number of aromatic nitrogens is 3. The maximum absolute atomic E-state index is 12.3. The lowest BCUT2D eigenvalue weighted by Crippen LogP contribution is -2.15. The summed E-state index contributed by atoms with van der Waals surface area (Å²) >= 11 is 7.64. The predicted octanol–water partition coefficient (Wildman–Crippen LogP) is 2.85. The van der Waals surface area contributed by atoms with Gasteiger partial charge in [-0.3, -0.25) is 9.48 Å². The summed E-state index contributed by atoms with van der Waals surface area (Å²) in [5.74, 6) is -0.298. The van der Waals surface area contributed by atoms with Gasteiger partial charge in [0.1, 0.15) is 5.69 Å². The first-order chi connectivity index (χ1) is 10.1. The van der Waals surface area contributed by atoms with Crippen molar-refractivity contribution in [2.45, 2.75) is 13.5 Å². The van der Waals surface area contributed by atoms with Crippen molar-refractivity contribution in [3.63, 3.8) is 0 Å². The molecule has 0 fully saturated rings. The number of carbonyl (C=O) groups excluding carboxylic acids is 1. The molecule has 7 heteroatoms. The molecule has 3 aromatic rings. The van der Waals surface area contributed by atoms with Gasteiger partial charge in [0.25, 0.3) is 5.91 Å². The van der Waals surface area contributed by atoms with Gasteiger partial charge in [-0.25, -0.2) is 0 Å². The minimum Gasteiger partial charge on any atom is -0.318 e. The zero-order valence-electron chi connectivity index (χ0n) is 11.6. The van der Waals surface area contributed by atoms with Crippen molar-refractivity contribution < 1.29 is 4.79 Å². The lowest BCUT2D eigenvalue weighted by molar-refractivity contribution is 0.0988. The van der Waals surface area contributed by atoms with Gasteiger partial charge in [-0.05, 0) is 25.1 Å². The fraction of sp³-hybridized carbons (Fsp3) is 0.214. The van der Waals surface area contributed by atoms with E-state index in [0.29, 0.717) is 22.1 Å². The molecule has 0 bridgehead atoms. The van der Waals surface area contributed by atoms with E-state index in [0.717, 1.165) is 10.2 Å². The number of rotatable bonds is 2. The SMILES string of the molecule is CCn1nccc1C(=O)N=c1sc2cccc(Cl)c2n1C. The largest absolute Gasteiger partial charge is 0.318 e. The first-order valence-corrected chi connectivity index (χ1v) is 7.66. The fourth-order valence-electron chi connectivity index (χ4n) is 2.17. The van der Waals surface area contributed by atoms with Gasteiger partial charge in [-0.1, -0.05) is 29.0 Å². The third-order valence-corrected chi connectivity index (χ3v) is 4.61. The molecule has 5 nitrogen and oxygen atoms in total. The standard InChI is InChI=1S/C14H13ClN4OS/c1-3-19-10(7-8-16-19)13(20)17-14-18(2)12-9(15)5-4-6-11(12)21-14/h4-8H,3H2,1-2H3. The summed E-state index contributed by atoms with van der Waals surface area (Å²) in [5, 5.41) is 4.74. The van der Waals surface area contributed by atoms with Crippen LogP contribution in [-0.2, 0) is 13.6 Å². The van der Waals surface area contributed by atoms with Gasteiger partial charge in [0.05, 0.1) is 15.2 Å². The lowest BCUT2D eigenvalue weighted by atomic mass is 10.3. The quantitative estimate of drug-likeness (QED) is 0.729. The molecule has 0 saturated heterocycles. The zero-order valence-corrected chi connectivity index (χ0v) is 13.1. The molecule has 0 atom stereocenters. The second-order valence-corrected chi connectivity index (χ2v) is 5.90. The third kappa shape index (κ3) is 2.41. The highest BCUT2D eigenvalue weighted by Gasteiger charge is 2.12. The summed E-state index contributed by atoms with van der Waals surface area (Å²) in [6.07, 6.45) is 1.61. The number of thiazole rings is 1. The molecule has 0 aliphatic heterocycles. The van der Waals surface area contributed by atoms with Crippen molar-refractivity contribution in [1.29, 1.82) is 0 Å². The molecule has 3 rings (SSSR count). The second kappa shape index (κ2) is 5.46. The number of halogens is 1. The van der Waals surface area contributed by atoms with Gasteiger partial charge < -0.3 is 4.57 Å². The van der Waals surface area contributed by atoms with Crippen molar-refractivity contribution in [2.75, 3.05) is 0 Å². The normalized spacial score (nSPS) is 12.2. The average molecular weight is 321 g/mol. The lowest BCUT2D eigenvalue weighted by Gasteiger charge is -2.00. The Morgan fingerprint density at radius 1 is 1.43 bits per heavy atom. The number of para-hydroxylation sites is 1. The van der Waals surface area contributed by atoms with Crippen LogP contribution in [0.25, 0.3) is 10.2 Å². The Morgan fingerprint density at radius 2 is 2.24 bits per heavy atom. The summed E-state index contributed by atoms with van der Waals surface area (Å²) < 4.78 is 4.47. The van der Waals surface area contributed by atoms with Crippen molar-refractivity contribution >= 4 is 39.1 Å². The molecule has 108 valence electrons. The molecule has 2 aromatic heterocycles. The third-order valence-electron chi connectivity index (χ3n) is 3.21. The van der Waals surface area contributed by atoms with Gasteiger partial charge in [0, 0.05) is 19.8 Å². The topological polar surface area (TPSA) is 52.2 Å². The van der Waals surface area contributed by atoms with E-state index in [-0.39, 0.29) is 5.91 Å². The van der Waals surface area contributed by atoms with Gasteiger partial charge in [0.15, 0.2) is 4.80 Å². The molecule has 0 saturated carbocycles. The van der Waals surface area contributed by atoms with Gasteiger partial charge in [0.2, 0.25) is 0 Å². The van der Waals surface area contributed by atoms with E-state index < -0.39 is 0 Å². The molecule has 21 heavy (non-hydrogen) atoms. The number of hydrogen-bond acceptors (Lipinski definition) is 3. The highest BCUT2D eigenvalue weighted by Crippen LogP contribution is 2.24. The average Bonchev–Trinajstić information content (AvgIpc) is 3.05. The number of aryl methyl sites for hydroxylation is 2. The van der Waals surface area contributed by atoms with E-state index >= 15 is 0 Å². The van der Waals surface area contributed by atoms with Gasteiger partial charge in [-0.2, -0.15) is 10.1 Å². The number of hydrogen-bond donors (Lipinski definition) is 0. The van der Waals surface area contributed by atoms with Crippen molar-refractivity contribution in [3.8, 4) is 0 Å². The van der Waals surface area contributed by atoms with E-state index in [1.807, 2.05) is 36.7 Å². The van der Waals surface area contributed by atoms with E-state index in [1.54, 1.807) is 16.9 Å². The van der Waals surface area contributed by atoms with E-state index in [4.69, 9.17) is 11.6 Å². The number of benzene rings is 1. The molecular weight excluding hydrogens is 308 g/mol. The molecule has 0 unspecified atom stereocenters. The first kappa shape index (κ1) is 14.0. The van der Waals surface area contributed by atoms with Crippen LogP contribution in [0.15, 0.2) is 35.5 Å². The molecule has 0 aliphatic carbocycles. The zero-order chi connectivity index (χ0) is 15.0. The predicted molar refractivity (Wildman–Crippen MR) is 83.6 cm³/mol. The van der Waals surface area contributed by atoms with Crippen LogP contribution in [0.5, 0.6) is 0 Å². The summed E-state index contributed by atoms with van der Waals surface area (Å²) in [7, 11) is 1.86. The highest BCUT2D eigenvalue weighted by molar-refractivity contribution is 7.16. The monoisotopic (exact) mass is 320 g/mol. The molecule has 0 radical (unpaired) electrons. The van der Waals surface area contributed by atoms with Crippen LogP contribution in [0.4, 0.5) is 0 Å². The number of amides is 1. The molecule has 2 heterocycles. The van der Waals surface area contributed by atoms with Crippen LogP contribution in [-0.4, -0.2) is 20.3 Å².